The van der Waals surface area contributed by atoms with Crippen LogP contribution in [0.25, 0.3) is 16.7 Å². The van der Waals surface area contributed by atoms with Gasteiger partial charge in [0.1, 0.15) is 11.0 Å². The topological polar surface area (TPSA) is 71.8 Å². The van der Waals surface area contributed by atoms with Crippen LogP contribution >= 0.6 is 0 Å². The molecule has 0 spiro atoms. The highest BCUT2D eigenvalue weighted by atomic mass is 16.2. The van der Waals surface area contributed by atoms with Gasteiger partial charge in [-0.2, -0.15) is 4.80 Å². The van der Waals surface area contributed by atoms with Crippen molar-refractivity contribution in [1.29, 1.82) is 0 Å². The first-order chi connectivity index (χ1) is 11.4. The number of amides is 2. The highest BCUT2D eigenvalue weighted by molar-refractivity contribution is 5.91. The predicted octanol–water partition coefficient (Wildman–Crippen LogP) is 3.59. The first-order valence-corrected chi connectivity index (χ1v) is 7.88. The summed E-state index contributed by atoms with van der Waals surface area (Å²) < 4.78 is 0. The van der Waals surface area contributed by atoms with Gasteiger partial charge < -0.3 is 10.6 Å². The Morgan fingerprint density at radius 1 is 1.04 bits per heavy atom. The molecule has 0 aliphatic carbocycles. The van der Waals surface area contributed by atoms with Crippen LogP contribution in [-0.2, 0) is 0 Å². The van der Waals surface area contributed by atoms with E-state index in [4.69, 9.17) is 0 Å². The molecule has 0 saturated heterocycles. The number of nitrogens with zero attached hydrogens (tertiary/aromatic N) is 3. The van der Waals surface area contributed by atoms with E-state index in [-0.39, 0.29) is 11.4 Å². The van der Waals surface area contributed by atoms with Gasteiger partial charge in [0.15, 0.2) is 0 Å². The number of hydrogen-bond donors (Lipinski definition) is 2. The van der Waals surface area contributed by atoms with E-state index < -0.39 is 0 Å². The van der Waals surface area contributed by atoms with Gasteiger partial charge in [0.2, 0.25) is 0 Å². The Labute approximate surface area is 140 Å². The smallest absolute Gasteiger partial charge is 0.319 e. The number of hydrogen-bond acceptors (Lipinski definition) is 3. The molecule has 0 radical (unpaired) electrons. The maximum Gasteiger partial charge on any atom is 0.319 e. The molecule has 0 atom stereocenters. The van der Waals surface area contributed by atoms with Gasteiger partial charge in [0.25, 0.3) is 0 Å². The lowest BCUT2D eigenvalue weighted by atomic mass is 9.97. The van der Waals surface area contributed by atoms with Crippen molar-refractivity contribution in [3.05, 3.63) is 48.5 Å². The first-order valence-electron chi connectivity index (χ1n) is 7.88. The lowest BCUT2D eigenvalue weighted by Crippen LogP contribution is -2.35. The fourth-order valence-corrected chi connectivity index (χ4v) is 2.19. The van der Waals surface area contributed by atoms with Gasteiger partial charge >= 0.3 is 6.03 Å². The second kappa shape index (κ2) is 6.31. The van der Waals surface area contributed by atoms with Gasteiger partial charge in [-0.15, -0.1) is 10.2 Å². The van der Waals surface area contributed by atoms with E-state index in [1.165, 1.54) is 0 Å². The Balaban J connectivity index is 1.75. The fraction of sp³-hybridized carbons (Fsp3) is 0.278. The SMILES string of the molecule is CC(C)(C)CNC(=O)Nc1ccc2nn(-c3ccccc3)nc2c1. The highest BCUT2D eigenvalue weighted by Gasteiger charge is 2.12. The number of aromatic nitrogens is 3. The van der Waals surface area contributed by atoms with E-state index in [9.17, 15) is 4.79 Å². The largest absolute Gasteiger partial charge is 0.337 e. The molecule has 2 aromatic carbocycles. The summed E-state index contributed by atoms with van der Waals surface area (Å²) in [4.78, 5) is 13.5. The van der Waals surface area contributed by atoms with Crippen LogP contribution in [0.2, 0.25) is 0 Å². The van der Waals surface area contributed by atoms with E-state index in [2.05, 4.69) is 41.6 Å². The molecule has 0 aliphatic heterocycles. The molecule has 3 rings (SSSR count). The number of carbonyl (C=O) groups is 1. The number of para-hydroxylation sites is 1. The zero-order valence-corrected chi connectivity index (χ0v) is 14.1. The number of urea groups is 1. The van der Waals surface area contributed by atoms with Gasteiger partial charge in [-0.3, -0.25) is 0 Å². The molecule has 124 valence electrons. The number of rotatable bonds is 3. The predicted molar refractivity (Wildman–Crippen MR) is 95.3 cm³/mol. The van der Waals surface area contributed by atoms with Crippen LogP contribution in [0.3, 0.4) is 0 Å². The monoisotopic (exact) mass is 323 g/mol. The molecule has 1 heterocycles. The van der Waals surface area contributed by atoms with E-state index in [0.717, 1.165) is 16.7 Å². The molecule has 2 N–H and O–H groups in total. The summed E-state index contributed by atoms with van der Waals surface area (Å²) >= 11 is 0. The normalized spacial score (nSPS) is 11.5. The van der Waals surface area contributed by atoms with Crippen LogP contribution in [0, 0.1) is 5.41 Å². The summed E-state index contributed by atoms with van der Waals surface area (Å²) in [5, 5.41) is 14.6. The summed E-state index contributed by atoms with van der Waals surface area (Å²) in [5.41, 5.74) is 3.13. The number of fused-ring (bicyclic) bond motifs is 1. The van der Waals surface area contributed by atoms with E-state index >= 15 is 0 Å². The summed E-state index contributed by atoms with van der Waals surface area (Å²) in [7, 11) is 0. The lowest BCUT2D eigenvalue weighted by molar-refractivity contribution is 0.247. The summed E-state index contributed by atoms with van der Waals surface area (Å²) in [6, 6.07) is 15.0. The molecule has 24 heavy (non-hydrogen) atoms. The fourth-order valence-electron chi connectivity index (χ4n) is 2.19. The van der Waals surface area contributed by atoms with Crippen molar-refractivity contribution < 1.29 is 4.79 Å². The van der Waals surface area contributed by atoms with Crippen molar-refractivity contribution >= 4 is 22.8 Å². The first kappa shape index (κ1) is 16.0. The highest BCUT2D eigenvalue weighted by Crippen LogP contribution is 2.17. The number of anilines is 1. The Hall–Kier alpha value is -2.89. The maximum atomic E-state index is 12.0. The average molecular weight is 323 g/mol. The van der Waals surface area contributed by atoms with Crippen molar-refractivity contribution in [1.82, 2.24) is 20.3 Å². The van der Waals surface area contributed by atoms with Gasteiger partial charge in [-0.25, -0.2) is 4.79 Å². The molecule has 0 unspecified atom stereocenters. The molecule has 0 aliphatic rings. The summed E-state index contributed by atoms with van der Waals surface area (Å²) in [6.45, 7) is 6.81. The second-order valence-electron chi connectivity index (χ2n) is 6.90. The Morgan fingerprint density at radius 2 is 1.75 bits per heavy atom. The van der Waals surface area contributed by atoms with Gasteiger partial charge in [0.05, 0.1) is 5.69 Å². The van der Waals surface area contributed by atoms with Crippen molar-refractivity contribution in [3.63, 3.8) is 0 Å². The standard InChI is InChI=1S/C18H21N5O/c1-18(2,3)12-19-17(24)20-13-9-10-15-16(11-13)22-23(21-15)14-7-5-4-6-8-14/h4-11H,12H2,1-3H3,(H2,19,20,24). The van der Waals surface area contributed by atoms with Crippen LogP contribution in [0.1, 0.15) is 20.8 Å². The minimum atomic E-state index is -0.222. The van der Waals surface area contributed by atoms with Crippen molar-refractivity contribution in [2.24, 2.45) is 5.41 Å². The molecular formula is C18H21N5O. The Kier molecular flexibility index (Phi) is 4.20. The van der Waals surface area contributed by atoms with Crippen LogP contribution in [0.4, 0.5) is 10.5 Å². The molecule has 0 fully saturated rings. The zero-order valence-electron chi connectivity index (χ0n) is 14.1. The summed E-state index contributed by atoms with van der Waals surface area (Å²) in [5.74, 6) is 0. The van der Waals surface area contributed by atoms with Gasteiger partial charge in [0, 0.05) is 12.2 Å². The third-order valence-electron chi connectivity index (χ3n) is 3.40. The van der Waals surface area contributed by atoms with Crippen molar-refractivity contribution in [2.45, 2.75) is 20.8 Å². The van der Waals surface area contributed by atoms with Crippen LogP contribution in [0.5, 0.6) is 0 Å². The summed E-state index contributed by atoms with van der Waals surface area (Å²) in [6.07, 6.45) is 0. The lowest BCUT2D eigenvalue weighted by Gasteiger charge is -2.18. The zero-order chi connectivity index (χ0) is 17.2. The Morgan fingerprint density at radius 3 is 2.46 bits per heavy atom. The molecule has 0 bridgehead atoms. The molecule has 6 heteroatoms. The van der Waals surface area contributed by atoms with Crippen LogP contribution < -0.4 is 10.6 Å². The molecule has 6 nitrogen and oxygen atoms in total. The number of nitrogens with one attached hydrogen (secondary N) is 2. The van der Waals surface area contributed by atoms with Crippen LogP contribution in [0.15, 0.2) is 48.5 Å². The third-order valence-corrected chi connectivity index (χ3v) is 3.40. The minimum absolute atomic E-state index is 0.0413. The number of carbonyl (C=O) groups excluding carboxylic acids is 1. The van der Waals surface area contributed by atoms with E-state index in [1.54, 1.807) is 4.80 Å². The molecule has 3 aromatic rings. The molecule has 2 amide bonds. The Bertz CT molecular complexity index is 849. The average Bonchev–Trinajstić information content (AvgIpc) is 2.96. The molecular weight excluding hydrogens is 302 g/mol. The molecule has 1 aromatic heterocycles. The van der Waals surface area contributed by atoms with Gasteiger partial charge in [-0.05, 0) is 35.7 Å². The van der Waals surface area contributed by atoms with E-state index in [0.29, 0.717) is 12.2 Å². The maximum absolute atomic E-state index is 12.0. The second-order valence-corrected chi connectivity index (χ2v) is 6.90. The third kappa shape index (κ3) is 3.90. The van der Waals surface area contributed by atoms with Crippen molar-refractivity contribution in [2.75, 3.05) is 11.9 Å². The van der Waals surface area contributed by atoms with E-state index in [1.807, 2.05) is 48.5 Å². The minimum Gasteiger partial charge on any atom is -0.337 e. The van der Waals surface area contributed by atoms with Gasteiger partial charge in [-0.1, -0.05) is 39.0 Å². The van der Waals surface area contributed by atoms with Crippen molar-refractivity contribution in [3.8, 4) is 5.69 Å². The number of benzene rings is 2. The quantitative estimate of drug-likeness (QED) is 0.774. The van der Waals surface area contributed by atoms with Crippen LogP contribution in [-0.4, -0.2) is 27.6 Å². The molecule has 0 saturated carbocycles.